The average Bonchev–Trinajstić information content (AvgIpc) is 3.25. The number of amides is 3. The molecule has 0 saturated carbocycles. The van der Waals surface area contributed by atoms with Crippen LogP contribution < -0.4 is 21.7 Å². The van der Waals surface area contributed by atoms with Gasteiger partial charge in [0.2, 0.25) is 17.7 Å². The number of aliphatic carboxylic acids is 2. The first kappa shape index (κ1) is 28.5. The molecule has 0 aliphatic carbocycles. The Balaban J connectivity index is 3.00. The van der Waals surface area contributed by atoms with Crippen LogP contribution in [0.15, 0.2) is 12.5 Å². The highest BCUT2D eigenvalue weighted by molar-refractivity contribution is 5.94. The van der Waals surface area contributed by atoms with Crippen LogP contribution in [0.4, 0.5) is 0 Å². The van der Waals surface area contributed by atoms with Crippen molar-refractivity contribution in [2.24, 2.45) is 11.7 Å². The van der Waals surface area contributed by atoms with Crippen LogP contribution in [0.1, 0.15) is 39.3 Å². The maximum atomic E-state index is 13.0. The Bertz CT molecular complexity index is 857. The predicted molar refractivity (Wildman–Crippen MR) is 117 cm³/mol. The molecule has 0 aliphatic heterocycles. The molecule has 34 heavy (non-hydrogen) atoms. The van der Waals surface area contributed by atoms with Crippen molar-refractivity contribution in [2.45, 2.75) is 70.3 Å². The summed E-state index contributed by atoms with van der Waals surface area (Å²) in [5.41, 5.74) is 6.17. The van der Waals surface area contributed by atoms with Crippen molar-refractivity contribution in [3.63, 3.8) is 0 Å². The number of aliphatic hydroxyl groups excluding tert-OH is 1. The van der Waals surface area contributed by atoms with Crippen LogP contribution in [-0.2, 0) is 30.4 Å². The van der Waals surface area contributed by atoms with Crippen LogP contribution in [0.5, 0.6) is 0 Å². The van der Waals surface area contributed by atoms with E-state index < -0.39 is 65.8 Å². The van der Waals surface area contributed by atoms with Crippen molar-refractivity contribution in [3.05, 3.63) is 18.2 Å². The summed E-state index contributed by atoms with van der Waals surface area (Å²) in [5.74, 6) is -5.36. The summed E-state index contributed by atoms with van der Waals surface area (Å²) < 4.78 is 0. The first-order valence-electron chi connectivity index (χ1n) is 10.6. The first-order valence-corrected chi connectivity index (χ1v) is 10.6. The lowest BCUT2D eigenvalue weighted by Gasteiger charge is -2.27. The number of nitrogens with two attached hydrogens (primary N) is 1. The Hall–Kier alpha value is -3.52. The molecule has 14 heteroatoms. The van der Waals surface area contributed by atoms with E-state index in [1.807, 2.05) is 0 Å². The second-order valence-corrected chi connectivity index (χ2v) is 8.18. The highest BCUT2D eigenvalue weighted by Gasteiger charge is 2.33. The fraction of sp³-hybridized carbons (Fsp3) is 0.600. The number of carboxylic acid groups (broad SMARTS) is 2. The SMILES string of the molecule is CC(C)C(NC(=O)C(N)CCC(=O)O)C(=O)NC(Cc1cnc[nH]1)C(=O)NC(C(=O)O)C(C)O. The number of hydrogen-bond acceptors (Lipinski definition) is 8. The molecule has 1 rings (SSSR count). The second-order valence-electron chi connectivity index (χ2n) is 8.18. The van der Waals surface area contributed by atoms with E-state index in [1.165, 1.54) is 19.4 Å². The molecule has 0 aromatic carbocycles. The number of H-pyrrole nitrogens is 1. The lowest BCUT2D eigenvalue weighted by atomic mass is 10.0. The van der Waals surface area contributed by atoms with Crippen molar-refractivity contribution in [1.29, 1.82) is 0 Å². The molecule has 0 radical (unpaired) electrons. The van der Waals surface area contributed by atoms with Gasteiger partial charge in [0.15, 0.2) is 6.04 Å². The molecule has 1 heterocycles. The molecule has 190 valence electrons. The van der Waals surface area contributed by atoms with Gasteiger partial charge in [0, 0.05) is 24.7 Å². The van der Waals surface area contributed by atoms with Gasteiger partial charge < -0.3 is 42.0 Å². The number of aromatic amines is 1. The zero-order valence-corrected chi connectivity index (χ0v) is 19.1. The van der Waals surface area contributed by atoms with Crippen molar-refractivity contribution in [2.75, 3.05) is 0 Å². The van der Waals surface area contributed by atoms with Gasteiger partial charge in [-0.25, -0.2) is 9.78 Å². The molecule has 3 amide bonds. The number of carbonyl (C=O) groups excluding carboxylic acids is 3. The molecular formula is C20H32N6O8. The Kier molecular flexibility index (Phi) is 11.1. The quantitative estimate of drug-likeness (QED) is 0.141. The van der Waals surface area contributed by atoms with Gasteiger partial charge in [-0.05, 0) is 19.3 Å². The molecule has 0 spiro atoms. The fourth-order valence-electron chi connectivity index (χ4n) is 2.93. The van der Waals surface area contributed by atoms with E-state index in [9.17, 15) is 34.2 Å². The number of nitrogens with zero attached hydrogens (tertiary/aromatic N) is 1. The largest absolute Gasteiger partial charge is 0.481 e. The maximum absolute atomic E-state index is 13.0. The van der Waals surface area contributed by atoms with E-state index in [0.29, 0.717) is 5.69 Å². The summed E-state index contributed by atoms with van der Waals surface area (Å²) in [4.78, 5) is 66.8. The predicted octanol–water partition coefficient (Wildman–Crippen LogP) is -2.28. The number of rotatable bonds is 14. The van der Waals surface area contributed by atoms with Crippen molar-refractivity contribution in [1.82, 2.24) is 25.9 Å². The van der Waals surface area contributed by atoms with Crippen LogP contribution in [0.2, 0.25) is 0 Å². The van der Waals surface area contributed by atoms with Gasteiger partial charge in [0.25, 0.3) is 0 Å². The number of aliphatic hydroxyl groups is 1. The topological polar surface area (TPSA) is 237 Å². The fourth-order valence-corrected chi connectivity index (χ4v) is 2.93. The van der Waals surface area contributed by atoms with Crippen molar-refractivity contribution >= 4 is 29.7 Å². The van der Waals surface area contributed by atoms with Gasteiger partial charge in [-0.3, -0.25) is 19.2 Å². The normalized spacial score (nSPS) is 15.5. The zero-order chi connectivity index (χ0) is 26.0. The number of imidazole rings is 1. The van der Waals surface area contributed by atoms with E-state index in [1.54, 1.807) is 13.8 Å². The molecule has 0 bridgehead atoms. The summed E-state index contributed by atoms with van der Waals surface area (Å²) in [7, 11) is 0. The molecule has 1 aromatic rings. The second kappa shape index (κ2) is 13.3. The number of aromatic nitrogens is 2. The number of hydrogen-bond donors (Lipinski definition) is 8. The van der Waals surface area contributed by atoms with E-state index in [4.69, 9.17) is 10.8 Å². The molecule has 5 unspecified atom stereocenters. The van der Waals surface area contributed by atoms with Crippen molar-refractivity contribution in [3.8, 4) is 0 Å². The summed E-state index contributed by atoms with van der Waals surface area (Å²) in [6.07, 6.45) is 0.832. The van der Waals surface area contributed by atoms with Gasteiger partial charge >= 0.3 is 11.9 Å². The number of carboxylic acids is 2. The first-order chi connectivity index (χ1) is 15.8. The van der Waals surface area contributed by atoms with Crippen LogP contribution in [0.25, 0.3) is 0 Å². The molecule has 0 saturated heterocycles. The Morgan fingerprint density at radius 3 is 2.09 bits per heavy atom. The molecule has 1 aromatic heterocycles. The minimum Gasteiger partial charge on any atom is -0.481 e. The molecule has 5 atom stereocenters. The Morgan fingerprint density at radius 1 is 1.00 bits per heavy atom. The summed E-state index contributed by atoms with van der Waals surface area (Å²) in [5, 5.41) is 34.8. The van der Waals surface area contributed by atoms with Crippen LogP contribution >= 0.6 is 0 Å². The Morgan fingerprint density at radius 2 is 1.62 bits per heavy atom. The van der Waals surface area contributed by atoms with Gasteiger partial charge in [0.05, 0.1) is 18.5 Å². The smallest absolute Gasteiger partial charge is 0.328 e. The third-order valence-corrected chi connectivity index (χ3v) is 4.91. The number of carbonyl (C=O) groups is 5. The zero-order valence-electron chi connectivity index (χ0n) is 19.1. The minimum absolute atomic E-state index is 0.0827. The lowest BCUT2D eigenvalue weighted by molar-refractivity contribution is -0.145. The minimum atomic E-state index is -1.61. The molecule has 0 aliphatic rings. The van der Waals surface area contributed by atoms with Gasteiger partial charge in [-0.15, -0.1) is 0 Å². The highest BCUT2D eigenvalue weighted by atomic mass is 16.4. The van der Waals surface area contributed by atoms with E-state index >= 15 is 0 Å². The van der Waals surface area contributed by atoms with E-state index in [0.717, 1.165) is 0 Å². The van der Waals surface area contributed by atoms with Crippen LogP contribution in [0, 0.1) is 5.92 Å². The average molecular weight is 485 g/mol. The molecule has 0 fully saturated rings. The lowest BCUT2D eigenvalue weighted by Crippen LogP contribution is -2.59. The summed E-state index contributed by atoms with van der Waals surface area (Å²) >= 11 is 0. The molecular weight excluding hydrogens is 452 g/mol. The van der Waals surface area contributed by atoms with Gasteiger partial charge in [0.1, 0.15) is 12.1 Å². The standard InChI is InChI=1S/C20H32N6O8/c1-9(2)15(25-17(30)12(21)4-5-14(28)29)19(32)24-13(6-11-7-22-8-23-11)18(31)26-16(10(3)27)20(33)34/h7-10,12-13,15-16,27H,4-6,21H2,1-3H3,(H,22,23)(H,24,32)(H,25,30)(H,26,31)(H,28,29)(H,33,34). The monoisotopic (exact) mass is 484 g/mol. The third-order valence-electron chi connectivity index (χ3n) is 4.91. The van der Waals surface area contributed by atoms with E-state index in [2.05, 4.69) is 25.9 Å². The number of nitrogens with one attached hydrogen (secondary N) is 4. The molecule has 14 nitrogen and oxygen atoms in total. The highest BCUT2D eigenvalue weighted by Crippen LogP contribution is 2.07. The molecule has 9 N–H and O–H groups in total. The van der Waals surface area contributed by atoms with E-state index in [-0.39, 0.29) is 19.3 Å². The van der Waals surface area contributed by atoms with Crippen LogP contribution in [-0.4, -0.2) is 85.2 Å². The maximum Gasteiger partial charge on any atom is 0.328 e. The summed E-state index contributed by atoms with van der Waals surface area (Å²) in [6.45, 7) is 4.48. The summed E-state index contributed by atoms with van der Waals surface area (Å²) in [6, 6.07) is -5.15. The Labute approximate surface area is 195 Å². The van der Waals surface area contributed by atoms with Gasteiger partial charge in [-0.1, -0.05) is 13.8 Å². The van der Waals surface area contributed by atoms with Crippen molar-refractivity contribution < 1.29 is 39.3 Å². The van der Waals surface area contributed by atoms with Gasteiger partial charge in [-0.2, -0.15) is 0 Å². The third kappa shape index (κ3) is 9.15. The van der Waals surface area contributed by atoms with Crippen LogP contribution in [0.3, 0.4) is 0 Å².